The van der Waals surface area contributed by atoms with Gasteiger partial charge in [-0.2, -0.15) is 0 Å². The van der Waals surface area contributed by atoms with Crippen LogP contribution < -0.4 is 0 Å². The number of halogens is 1. The van der Waals surface area contributed by atoms with E-state index in [1.54, 1.807) is 24.3 Å². The molecule has 1 fully saturated rings. The second-order valence-corrected chi connectivity index (χ2v) is 4.72. The molecule has 2 rings (SSSR count). The zero-order valence-corrected chi connectivity index (χ0v) is 10.9. The molecule has 4 heteroatoms. The number of amides is 1. The van der Waals surface area contributed by atoms with Gasteiger partial charge in [0.25, 0.3) is 5.91 Å². The van der Waals surface area contributed by atoms with Crippen LogP contribution in [0.4, 0.5) is 0 Å². The van der Waals surface area contributed by atoms with Crippen molar-refractivity contribution in [1.82, 2.24) is 9.80 Å². The van der Waals surface area contributed by atoms with Crippen molar-refractivity contribution in [3.05, 3.63) is 34.9 Å². The number of carbonyl (C=O) groups is 1. The summed E-state index contributed by atoms with van der Waals surface area (Å²) >= 11 is 5.89. The third-order valence-corrected chi connectivity index (χ3v) is 3.28. The Labute approximate surface area is 112 Å². The highest BCUT2D eigenvalue weighted by molar-refractivity contribution is 6.30. The summed E-state index contributed by atoms with van der Waals surface area (Å²) in [6, 6.07) is 7.06. The van der Waals surface area contributed by atoms with Crippen LogP contribution in [0, 0.1) is 12.3 Å². The van der Waals surface area contributed by atoms with Crippen molar-refractivity contribution in [3.8, 4) is 12.3 Å². The van der Waals surface area contributed by atoms with Crippen LogP contribution in [0.15, 0.2) is 24.3 Å². The minimum atomic E-state index is 0.0397. The summed E-state index contributed by atoms with van der Waals surface area (Å²) in [5, 5.41) is 0.590. The lowest BCUT2D eigenvalue weighted by Crippen LogP contribution is -2.48. The number of rotatable bonds is 2. The van der Waals surface area contributed by atoms with Gasteiger partial charge in [0.15, 0.2) is 0 Å². The lowest BCUT2D eigenvalue weighted by molar-refractivity contribution is 0.0652. The van der Waals surface area contributed by atoms with E-state index < -0.39 is 0 Å². The van der Waals surface area contributed by atoms with Crippen molar-refractivity contribution in [2.75, 3.05) is 32.7 Å². The van der Waals surface area contributed by atoms with Gasteiger partial charge in [-0.1, -0.05) is 23.6 Å². The first-order chi connectivity index (χ1) is 8.70. The van der Waals surface area contributed by atoms with Crippen LogP contribution in [-0.4, -0.2) is 48.4 Å². The minimum Gasteiger partial charge on any atom is -0.336 e. The fourth-order valence-electron chi connectivity index (χ4n) is 2.04. The monoisotopic (exact) mass is 262 g/mol. The average Bonchev–Trinajstić information content (AvgIpc) is 2.39. The Hall–Kier alpha value is -1.50. The summed E-state index contributed by atoms with van der Waals surface area (Å²) in [6.45, 7) is 3.74. The van der Waals surface area contributed by atoms with Gasteiger partial charge in [-0.3, -0.25) is 9.69 Å². The van der Waals surface area contributed by atoms with Crippen LogP contribution in [0.5, 0.6) is 0 Å². The summed E-state index contributed by atoms with van der Waals surface area (Å²) in [4.78, 5) is 16.2. The fourth-order valence-corrected chi connectivity index (χ4v) is 2.23. The first-order valence-corrected chi connectivity index (χ1v) is 6.29. The molecule has 0 spiro atoms. The van der Waals surface area contributed by atoms with E-state index in [-0.39, 0.29) is 5.91 Å². The van der Waals surface area contributed by atoms with Crippen LogP contribution in [0.25, 0.3) is 0 Å². The van der Waals surface area contributed by atoms with Crippen LogP contribution in [0.2, 0.25) is 5.02 Å². The molecular formula is C14H15ClN2O. The number of carbonyl (C=O) groups excluding carboxylic acids is 1. The second kappa shape index (κ2) is 5.90. The van der Waals surface area contributed by atoms with Crippen molar-refractivity contribution in [2.45, 2.75) is 0 Å². The quantitative estimate of drug-likeness (QED) is 0.758. The van der Waals surface area contributed by atoms with E-state index in [1.165, 1.54) is 0 Å². The topological polar surface area (TPSA) is 23.6 Å². The molecule has 1 aliphatic heterocycles. The second-order valence-electron chi connectivity index (χ2n) is 4.28. The van der Waals surface area contributed by atoms with Gasteiger partial charge in [0.1, 0.15) is 0 Å². The Balaban J connectivity index is 1.98. The molecule has 0 radical (unpaired) electrons. The number of benzene rings is 1. The average molecular weight is 263 g/mol. The minimum absolute atomic E-state index is 0.0397. The Morgan fingerprint density at radius 2 is 2.06 bits per heavy atom. The smallest absolute Gasteiger partial charge is 0.253 e. The van der Waals surface area contributed by atoms with Gasteiger partial charge in [-0.25, -0.2) is 0 Å². The molecule has 1 aromatic carbocycles. The highest BCUT2D eigenvalue weighted by atomic mass is 35.5. The molecular weight excluding hydrogens is 248 g/mol. The Morgan fingerprint density at radius 3 is 2.67 bits per heavy atom. The highest BCUT2D eigenvalue weighted by Gasteiger charge is 2.21. The van der Waals surface area contributed by atoms with E-state index in [0.717, 1.165) is 13.1 Å². The van der Waals surface area contributed by atoms with Gasteiger partial charge in [-0.05, 0) is 18.2 Å². The molecule has 0 unspecified atom stereocenters. The van der Waals surface area contributed by atoms with Gasteiger partial charge < -0.3 is 4.90 Å². The third kappa shape index (κ3) is 3.04. The van der Waals surface area contributed by atoms with Gasteiger partial charge in [-0.15, -0.1) is 6.42 Å². The van der Waals surface area contributed by atoms with E-state index in [2.05, 4.69) is 10.8 Å². The lowest BCUT2D eigenvalue weighted by Gasteiger charge is -2.33. The molecule has 1 heterocycles. The van der Waals surface area contributed by atoms with E-state index in [1.807, 2.05) is 4.90 Å². The zero-order chi connectivity index (χ0) is 13.0. The molecule has 1 aliphatic rings. The molecule has 0 atom stereocenters. The van der Waals surface area contributed by atoms with Crippen LogP contribution in [-0.2, 0) is 0 Å². The van der Waals surface area contributed by atoms with E-state index in [4.69, 9.17) is 18.0 Å². The maximum atomic E-state index is 12.2. The van der Waals surface area contributed by atoms with Gasteiger partial charge in [0.2, 0.25) is 0 Å². The standard InChI is InChI=1S/C14H15ClN2O/c1-2-6-16-7-9-17(10-8-16)14(18)12-4-3-5-13(15)11-12/h1,3-5,11H,6-10H2. The van der Waals surface area contributed by atoms with Gasteiger partial charge in [0, 0.05) is 36.8 Å². The molecule has 3 nitrogen and oxygen atoms in total. The van der Waals surface area contributed by atoms with Crippen molar-refractivity contribution >= 4 is 17.5 Å². The molecule has 0 bridgehead atoms. The molecule has 0 N–H and O–H groups in total. The summed E-state index contributed by atoms with van der Waals surface area (Å²) < 4.78 is 0. The predicted molar refractivity (Wildman–Crippen MR) is 72.6 cm³/mol. The largest absolute Gasteiger partial charge is 0.336 e. The van der Waals surface area contributed by atoms with Crippen LogP contribution >= 0.6 is 11.6 Å². The first-order valence-electron chi connectivity index (χ1n) is 5.91. The van der Waals surface area contributed by atoms with Crippen molar-refractivity contribution < 1.29 is 4.79 Å². The maximum Gasteiger partial charge on any atom is 0.253 e. The SMILES string of the molecule is C#CCN1CCN(C(=O)c2cccc(Cl)c2)CC1. The van der Waals surface area contributed by atoms with E-state index >= 15 is 0 Å². The van der Waals surface area contributed by atoms with Crippen molar-refractivity contribution in [1.29, 1.82) is 0 Å². The molecule has 0 aromatic heterocycles. The number of hydrogen-bond acceptors (Lipinski definition) is 2. The Bertz CT molecular complexity index is 473. The first kappa shape index (κ1) is 12.9. The molecule has 1 saturated heterocycles. The molecule has 18 heavy (non-hydrogen) atoms. The molecule has 0 aliphatic carbocycles. The number of hydrogen-bond donors (Lipinski definition) is 0. The zero-order valence-electron chi connectivity index (χ0n) is 10.1. The Kier molecular flexibility index (Phi) is 4.24. The molecule has 1 aromatic rings. The fraction of sp³-hybridized carbons (Fsp3) is 0.357. The van der Waals surface area contributed by atoms with E-state index in [0.29, 0.717) is 30.2 Å². The predicted octanol–water partition coefficient (Wildman–Crippen LogP) is 1.73. The number of nitrogens with zero attached hydrogens (tertiary/aromatic N) is 2. The Morgan fingerprint density at radius 1 is 1.33 bits per heavy atom. The molecule has 1 amide bonds. The summed E-state index contributed by atoms with van der Waals surface area (Å²) in [5.74, 6) is 2.67. The van der Waals surface area contributed by atoms with Crippen LogP contribution in [0.1, 0.15) is 10.4 Å². The van der Waals surface area contributed by atoms with Gasteiger partial charge >= 0.3 is 0 Å². The summed E-state index contributed by atoms with van der Waals surface area (Å²) in [6.07, 6.45) is 5.27. The number of terminal acetylenes is 1. The van der Waals surface area contributed by atoms with E-state index in [9.17, 15) is 4.79 Å². The number of piperazine rings is 1. The lowest BCUT2D eigenvalue weighted by atomic mass is 10.2. The third-order valence-electron chi connectivity index (χ3n) is 3.05. The van der Waals surface area contributed by atoms with Gasteiger partial charge in [0.05, 0.1) is 6.54 Å². The van der Waals surface area contributed by atoms with Crippen LogP contribution in [0.3, 0.4) is 0 Å². The molecule has 94 valence electrons. The highest BCUT2D eigenvalue weighted by Crippen LogP contribution is 2.14. The van der Waals surface area contributed by atoms with Crippen molar-refractivity contribution in [2.24, 2.45) is 0 Å². The van der Waals surface area contributed by atoms with Crippen molar-refractivity contribution in [3.63, 3.8) is 0 Å². The molecule has 0 saturated carbocycles. The normalized spacial score (nSPS) is 16.3. The maximum absolute atomic E-state index is 12.2. The summed E-state index contributed by atoms with van der Waals surface area (Å²) in [5.41, 5.74) is 0.646. The summed E-state index contributed by atoms with van der Waals surface area (Å²) in [7, 11) is 0.